The predicted molar refractivity (Wildman–Crippen MR) is 143 cm³/mol. The van der Waals surface area contributed by atoms with Gasteiger partial charge in [-0.1, -0.05) is 6.07 Å². The van der Waals surface area contributed by atoms with E-state index in [2.05, 4.69) is 17.1 Å². The zero-order chi connectivity index (χ0) is 27.7. The molecular weight excluding hydrogens is 640 g/mol. The number of ether oxygens (including phenoxy) is 1. The molecule has 0 saturated carbocycles. The number of anilines is 2. The summed E-state index contributed by atoms with van der Waals surface area (Å²) in [5, 5.41) is 7.44. The summed E-state index contributed by atoms with van der Waals surface area (Å²) >= 11 is -0.891. The summed E-state index contributed by atoms with van der Waals surface area (Å²) in [5.41, 5.74) is 6.45. The molecule has 9 nitrogen and oxygen atoms in total. The van der Waals surface area contributed by atoms with Crippen LogP contribution in [0.15, 0.2) is 48.9 Å². The van der Waals surface area contributed by atoms with Gasteiger partial charge in [-0.15, -0.1) is 3.25 Å². The fourth-order valence-electron chi connectivity index (χ4n) is 4.22. The van der Waals surface area contributed by atoms with Gasteiger partial charge in [-0.05, 0) is 42.0 Å². The monoisotopic (exact) mass is 661 g/mol. The molecule has 15 heteroatoms. The van der Waals surface area contributed by atoms with Crippen LogP contribution in [0, 0.1) is 11.6 Å². The molecule has 1 unspecified atom stereocenters. The Morgan fingerprint density at radius 1 is 1.13 bits per heavy atom. The normalized spacial score (nSPS) is 17.2. The third kappa shape index (κ3) is 5.94. The largest absolute Gasteiger partial charge is 0.416 e. The van der Waals surface area contributed by atoms with Gasteiger partial charge in [-0.25, -0.2) is 18.3 Å². The minimum atomic E-state index is -4.73. The topological polar surface area (TPSA) is 118 Å². The maximum absolute atomic E-state index is 15.1. The Morgan fingerprint density at radius 2 is 1.92 bits per heavy atom. The number of hydrogen-bond acceptors (Lipinski definition) is 6. The summed E-state index contributed by atoms with van der Waals surface area (Å²) in [5.74, 6) is -1.62. The van der Waals surface area contributed by atoms with E-state index < -0.39 is 56.4 Å². The molecule has 3 aromatic rings. The molecule has 206 valence electrons. The first-order chi connectivity index (χ1) is 18.6. The Bertz CT molecular complexity index is 1480. The number of benzene rings is 2. The van der Waals surface area contributed by atoms with Crippen LogP contribution in [0.5, 0.6) is 0 Å². The number of amides is 2. The Hall–Kier alpha value is -3.44. The Kier molecular flexibility index (Phi) is 7.64. The first kappa shape index (κ1) is 27.1. The number of rotatable bonds is 5. The van der Waals surface area contributed by atoms with Crippen LogP contribution in [-0.4, -0.2) is 42.3 Å². The molecule has 2 aliphatic heterocycles. The lowest BCUT2D eigenvalue weighted by atomic mass is 10.0. The standard InChI is InChI=1S/C24H21F5IN7O2/c25-17-3-2-13(24(27,28)29)8-20(17)34-23(38)33-19-4-1-12(7-18(19)26)16-10-14(9-15-11-32-5-6-39-15)37-21(16)22(31)35-30-36-37/h1-4,7-8,10,15,32H,5-6,9,11H2,(H2,31,35,36)(H2,33,34,38). The average Bonchev–Trinajstić information content (AvgIpc) is 3.26. The van der Waals surface area contributed by atoms with E-state index in [1.807, 2.05) is 11.4 Å². The number of nitrogens with two attached hydrogens (primary N) is 1. The molecule has 1 aromatic heterocycles. The van der Waals surface area contributed by atoms with Crippen LogP contribution in [0.4, 0.5) is 38.1 Å². The fourth-order valence-corrected chi connectivity index (χ4v) is 5.47. The summed E-state index contributed by atoms with van der Waals surface area (Å²) < 4.78 is 84.2. The van der Waals surface area contributed by atoms with Crippen LogP contribution in [-0.2, 0) is 17.3 Å². The van der Waals surface area contributed by atoms with Crippen molar-refractivity contribution in [2.75, 3.05) is 30.3 Å². The molecule has 39 heavy (non-hydrogen) atoms. The van der Waals surface area contributed by atoms with Gasteiger partial charge >= 0.3 is 12.2 Å². The lowest BCUT2D eigenvalue weighted by molar-refractivity contribution is -0.137. The molecule has 1 fully saturated rings. The second kappa shape index (κ2) is 11.0. The van der Waals surface area contributed by atoms with E-state index in [0.29, 0.717) is 54.6 Å². The predicted octanol–water partition coefficient (Wildman–Crippen LogP) is 5.18. The van der Waals surface area contributed by atoms with Crippen LogP contribution < -0.4 is 21.7 Å². The minimum Gasteiger partial charge on any atom is -0.381 e. The molecular formula is C24H21F5IN7O2. The number of hydrogen-bond donors (Lipinski definition) is 4. The molecule has 3 heterocycles. The van der Waals surface area contributed by atoms with E-state index in [-0.39, 0.29) is 17.6 Å². The zero-order valence-corrected chi connectivity index (χ0v) is 22.1. The van der Waals surface area contributed by atoms with Gasteiger partial charge in [-0.3, -0.25) is 0 Å². The van der Waals surface area contributed by atoms with Crippen molar-refractivity contribution < 1.29 is 31.5 Å². The SMILES string of the molecule is NC1=NI=Nn2c(CC3CNCCO3)cc(-c3ccc(NC(=O)Nc4cc(C(F)(F)F)ccc4F)c(F)c3)c21. The molecule has 0 radical (unpaired) electrons. The van der Waals surface area contributed by atoms with Gasteiger partial charge in [0.2, 0.25) is 0 Å². The summed E-state index contributed by atoms with van der Waals surface area (Å²) in [6.07, 6.45) is -4.25. The highest BCUT2D eigenvalue weighted by Gasteiger charge is 2.31. The molecule has 1 atom stereocenters. The van der Waals surface area contributed by atoms with E-state index in [9.17, 15) is 22.4 Å². The highest BCUT2D eigenvalue weighted by atomic mass is 127. The molecule has 5 rings (SSSR count). The van der Waals surface area contributed by atoms with Crippen molar-refractivity contribution in [1.82, 2.24) is 9.99 Å². The van der Waals surface area contributed by atoms with E-state index in [4.69, 9.17) is 10.5 Å². The number of alkyl halides is 3. The van der Waals surface area contributed by atoms with Crippen LogP contribution in [0.2, 0.25) is 0 Å². The van der Waals surface area contributed by atoms with Crippen molar-refractivity contribution in [3.05, 3.63) is 71.1 Å². The second-order valence-corrected chi connectivity index (χ2v) is 10.0. The lowest BCUT2D eigenvalue weighted by Gasteiger charge is -2.23. The maximum atomic E-state index is 15.1. The van der Waals surface area contributed by atoms with Crippen LogP contribution in [0.25, 0.3) is 11.1 Å². The first-order valence-corrected chi connectivity index (χ1v) is 13.5. The number of nitrogens with zero attached hydrogens (tertiary/aromatic N) is 3. The molecule has 2 aliphatic rings. The Labute approximate surface area is 229 Å². The molecule has 0 aliphatic carbocycles. The first-order valence-electron chi connectivity index (χ1n) is 11.6. The van der Waals surface area contributed by atoms with Gasteiger partial charge < -0.3 is 26.4 Å². The third-order valence-corrected chi connectivity index (χ3v) is 7.40. The van der Waals surface area contributed by atoms with Gasteiger partial charge in [0.15, 0.2) is 27.1 Å². The highest BCUT2D eigenvalue weighted by Crippen LogP contribution is 2.34. The zero-order valence-electron chi connectivity index (χ0n) is 20.0. The van der Waals surface area contributed by atoms with Gasteiger partial charge in [0.05, 0.1) is 29.6 Å². The van der Waals surface area contributed by atoms with E-state index >= 15 is 4.39 Å². The highest BCUT2D eigenvalue weighted by molar-refractivity contribution is 14.1. The van der Waals surface area contributed by atoms with Crippen molar-refractivity contribution in [2.45, 2.75) is 18.7 Å². The summed E-state index contributed by atoms with van der Waals surface area (Å²) in [6.45, 7) is 2.04. The molecule has 0 bridgehead atoms. The Balaban J connectivity index is 1.37. The molecule has 2 amide bonds. The second-order valence-electron chi connectivity index (χ2n) is 8.70. The van der Waals surface area contributed by atoms with Crippen LogP contribution in [0.1, 0.15) is 17.0 Å². The Morgan fingerprint density at radius 3 is 2.64 bits per heavy atom. The van der Waals surface area contributed by atoms with Crippen molar-refractivity contribution >= 4 is 44.5 Å². The van der Waals surface area contributed by atoms with Crippen LogP contribution in [0.3, 0.4) is 0 Å². The summed E-state index contributed by atoms with van der Waals surface area (Å²) in [7, 11) is 0. The summed E-state index contributed by atoms with van der Waals surface area (Å²) in [6, 6.07) is 6.31. The van der Waals surface area contributed by atoms with Crippen molar-refractivity contribution in [1.29, 1.82) is 0 Å². The number of aromatic nitrogens is 1. The third-order valence-electron chi connectivity index (χ3n) is 6.04. The number of nitrogens with one attached hydrogen (secondary N) is 3. The fraction of sp³-hybridized carbons (Fsp3) is 0.250. The lowest BCUT2D eigenvalue weighted by Crippen LogP contribution is -2.39. The minimum absolute atomic E-state index is 0.0671. The quantitative estimate of drug-likeness (QED) is 0.223. The number of amidine groups is 1. The molecule has 5 N–H and O–H groups in total. The number of halogens is 6. The average molecular weight is 661 g/mol. The molecule has 1 saturated heterocycles. The van der Waals surface area contributed by atoms with Crippen molar-refractivity contribution in [3.8, 4) is 11.1 Å². The number of carbonyl (C=O) groups excluding carboxylic acids is 1. The molecule has 0 spiro atoms. The van der Waals surface area contributed by atoms with Gasteiger partial charge in [0.25, 0.3) is 0 Å². The summed E-state index contributed by atoms with van der Waals surface area (Å²) in [4.78, 5) is 12.3. The number of morpholine rings is 1. The number of fused-ring (bicyclic) bond motifs is 1. The van der Waals surface area contributed by atoms with Crippen molar-refractivity contribution in [2.24, 2.45) is 12.2 Å². The number of carbonyl (C=O) groups is 1. The van der Waals surface area contributed by atoms with Crippen LogP contribution >= 0.6 is 21.3 Å². The van der Waals surface area contributed by atoms with E-state index in [0.717, 1.165) is 12.2 Å². The van der Waals surface area contributed by atoms with Crippen molar-refractivity contribution in [3.63, 3.8) is 0 Å². The van der Waals surface area contributed by atoms with Gasteiger partial charge in [0.1, 0.15) is 17.3 Å². The van der Waals surface area contributed by atoms with Gasteiger partial charge in [0, 0.05) is 30.8 Å². The van der Waals surface area contributed by atoms with Gasteiger partial charge in [-0.2, -0.15) is 16.4 Å². The molecule has 2 aromatic carbocycles. The smallest absolute Gasteiger partial charge is 0.381 e. The number of urea groups is 1. The maximum Gasteiger partial charge on any atom is 0.416 e. The van der Waals surface area contributed by atoms with E-state index in [1.54, 1.807) is 10.7 Å². The van der Waals surface area contributed by atoms with E-state index in [1.165, 1.54) is 12.1 Å².